The summed E-state index contributed by atoms with van der Waals surface area (Å²) >= 11 is 0. The first-order valence-corrected chi connectivity index (χ1v) is 4.89. The molecule has 13 heavy (non-hydrogen) atoms. The van der Waals surface area contributed by atoms with Crippen LogP contribution in [0.5, 0.6) is 0 Å². The van der Waals surface area contributed by atoms with Gasteiger partial charge in [0, 0.05) is 5.56 Å². The van der Waals surface area contributed by atoms with E-state index in [0.29, 0.717) is 5.92 Å². The van der Waals surface area contributed by atoms with Crippen molar-refractivity contribution in [3.8, 4) is 0 Å². The Morgan fingerprint density at radius 1 is 1.31 bits per heavy atom. The summed E-state index contributed by atoms with van der Waals surface area (Å²) in [4.78, 5) is 11.3. The van der Waals surface area contributed by atoms with Crippen LogP contribution < -0.4 is 0 Å². The lowest BCUT2D eigenvalue weighted by atomic mass is 9.78. The summed E-state index contributed by atoms with van der Waals surface area (Å²) in [5.41, 5.74) is 2.19. The molecule has 1 heteroatoms. The molecule has 1 nitrogen and oxygen atoms in total. The minimum absolute atomic E-state index is 0.197. The van der Waals surface area contributed by atoms with Crippen LogP contribution in [0.25, 0.3) is 0 Å². The largest absolute Gasteiger partial charge is 0.295 e. The Hall–Kier alpha value is -1.11. The van der Waals surface area contributed by atoms with Crippen LogP contribution in [-0.4, -0.2) is 5.78 Å². The number of carbonyl (C=O) groups is 1. The molecule has 0 N–H and O–H groups in total. The molecule has 1 aliphatic carbocycles. The highest BCUT2D eigenvalue weighted by Gasteiger charge is 2.22. The normalized spacial score (nSPS) is 16.7. The second kappa shape index (κ2) is 3.33. The van der Waals surface area contributed by atoms with Crippen LogP contribution in [0.4, 0.5) is 0 Å². The van der Waals surface area contributed by atoms with Crippen LogP contribution in [0.3, 0.4) is 0 Å². The van der Waals surface area contributed by atoms with E-state index in [1.807, 2.05) is 18.2 Å². The van der Waals surface area contributed by atoms with Crippen molar-refractivity contribution in [3.05, 3.63) is 35.4 Å². The van der Waals surface area contributed by atoms with Crippen LogP contribution in [0.2, 0.25) is 0 Å². The highest BCUT2D eigenvalue weighted by atomic mass is 16.1. The van der Waals surface area contributed by atoms with Crippen LogP contribution in [0.15, 0.2) is 24.3 Å². The summed E-state index contributed by atoms with van der Waals surface area (Å²) in [5.74, 6) is 0.850. The zero-order valence-corrected chi connectivity index (χ0v) is 7.92. The Balaban J connectivity index is 2.36. The number of carbonyl (C=O) groups excluding carboxylic acids is 1. The van der Waals surface area contributed by atoms with E-state index in [-0.39, 0.29) is 5.78 Å². The molecule has 1 aromatic carbocycles. The Labute approximate surface area is 78.8 Å². The van der Waals surface area contributed by atoms with E-state index in [1.54, 1.807) is 6.92 Å². The maximum Gasteiger partial charge on any atom is 0.160 e. The van der Waals surface area contributed by atoms with E-state index in [4.69, 9.17) is 0 Å². The summed E-state index contributed by atoms with van der Waals surface area (Å²) in [5, 5.41) is 0. The second-order valence-corrected chi connectivity index (χ2v) is 3.77. The lowest BCUT2D eigenvalue weighted by Gasteiger charge is -2.27. The molecule has 1 saturated carbocycles. The summed E-state index contributed by atoms with van der Waals surface area (Å²) in [6, 6.07) is 8.01. The summed E-state index contributed by atoms with van der Waals surface area (Å²) in [6.07, 6.45) is 3.82. The molecule has 2 rings (SSSR count). The Bertz CT molecular complexity index is 324. The minimum Gasteiger partial charge on any atom is -0.295 e. The standard InChI is InChI=1S/C12H14O/c1-9(13)11-7-2-3-8-12(11)10-5-4-6-10/h2-3,7-8,10H,4-6H2,1H3. The van der Waals surface area contributed by atoms with Crippen molar-refractivity contribution < 1.29 is 4.79 Å². The fourth-order valence-corrected chi connectivity index (χ4v) is 1.89. The average molecular weight is 174 g/mol. The molecule has 68 valence electrons. The van der Waals surface area contributed by atoms with Gasteiger partial charge in [-0.2, -0.15) is 0 Å². The first kappa shape index (κ1) is 8.49. The van der Waals surface area contributed by atoms with Crippen LogP contribution >= 0.6 is 0 Å². The molecule has 0 radical (unpaired) electrons. The van der Waals surface area contributed by atoms with E-state index in [9.17, 15) is 4.79 Å². The molecule has 0 saturated heterocycles. The van der Waals surface area contributed by atoms with E-state index in [1.165, 1.54) is 24.8 Å². The number of benzene rings is 1. The van der Waals surface area contributed by atoms with E-state index in [0.717, 1.165) is 5.56 Å². The smallest absolute Gasteiger partial charge is 0.160 e. The predicted molar refractivity (Wildman–Crippen MR) is 53.0 cm³/mol. The quantitative estimate of drug-likeness (QED) is 0.629. The monoisotopic (exact) mass is 174 g/mol. The number of hydrogen-bond donors (Lipinski definition) is 0. The highest BCUT2D eigenvalue weighted by molar-refractivity contribution is 5.95. The van der Waals surface area contributed by atoms with Crippen LogP contribution in [-0.2, 0) is 0 Å². The van der Waals surface area contributed by atoms with Crippen LogP contribution in [0.1, 0.15) is 48.0 Å². The number of rotatable bonds is 2. The maximum atomic E-state index is 11.3. The molecular formula is C12H14O. The van der Waals surface area contributed by atoms with Crippen molar-refractivity contribution in [3.63, 3.8) is 0 Å². The number of Topliss-reactive ketones (excluding diaryl/α,β-unsaturated/α-hetero) is 1. The number of hydrogen-bond acceptors (Lipinski definition) is 1. The van der Waals surface area contributed by atoms with Crippen LogP contribution in [0, 0.1) is 0 Å². The molecule has 1 fully saturated rings. The maximum absolute atomic E-state index is 11.3. The van der Waals surface area contributed by atoms with Crippen molar-refractivity contribution in [1.29, 1.82) is 0 Å². The van der Waals surface area contributed by atoms with Gasteiger partial charge in [-0.1, -0.05) is 30.7 Å². The molecule has 0 atom stereocenters. The van der Waals surface area contributed by atoms with Gasteiger partial charge in [0.1, 0.15) is 0 Å². The zero-order chi connectivity index (χ0) is 9.26. The van der Waals surface area contributed by atoms with E-state index < -0.39 is 0 Å². The Morgan fingerprint density at radius 3 is 2.54 bits per heavy atom. The molecule has 0 amide bonds. The molecule has 0 spiro atoms. The lowest BCUT2D eigenvalue weighted by Crippen LogP contribution is -2.12. The van der Waals surface area contributed by atoms with Crippen molar-refractivity contribution in [2.75, 3.05) is 0 Å². The van der Waals surface area contributed by atoms with Crippen molar-refractivity contribution in [2.24, 2.45) is 0 Å². The Morgan fingerprint density at radius 2 is 2.00 bits per heavy atom. The summed E-state index contributed by atoms with van der Waals surface area (Å²) < 4.78 is 0. The molecule has 0 aromatic heterocycles. The molecule has 1 aliphatic rings. The molecule has 0 unspecified atom stereocenters. The second-order valence-electron chi connectivity index (χ2n) is 3.77. The van der Waals surface area contributed by atoms with Gasteiger partial charge in [-0.15, -0.1) is 0 Å². The molecule has 1 aromatic rings. The fourth-order valence-electron chi connectivity index (χ4n) is 1.89. The van der Waals surface area contributed by atoms with Gasteiger partial charge in [-0.05, 0) is 31.2 Å². The fraction of sp³-hybridized carbons (Fsp3) is 0.417. The molecule has 0 aliphatic heterocycles. The van der Waals surface area contributed by atoms with Gasteiger partial charge in [0.25, 0.3) is 0 Å². The molecule has 0 bridgehead atoms. The van der Waals surface area contributed by atoms with Gasteiger partial charge >= 0.3 is 0 Å². The zero-order valence-electron chi connectivity index (χ0n) is 7.92. The molecule has 0 heterocycles. The minimum atomic E-state index is 0.197. The SMILES string of the molecule is CC(=O)c1ccccc1C1CCC1. The first-order valence-electron chi connectivity index (χ1n) is 4.89. The van der Waals surface area contributed by atoms with Crippen molar-refractivity contribution in [1.82, 2.24) is 0 Å². The Kier molecular flexibility index (Phi) is 2.17. The third-order valence-corrected chi connectivity index (χ3v) is 2.89. The van der Waals surface area contributed by atoms with E-state index >= 15 is 0 Å². The number of ketones is 1. The third kappa shape index (κ3) is 1.51. The summed E-state index contributed by atoms with van der Waals surface area (Å²) in [6.45, 7) is 1.65. The predicted octanol–water partition coefficient (Wildman–Crippen LogP) is 3.16. The van der Waals surface area contributed by atoms with Crippen molar-refractivity contribution >= 4 is 5.78 Å². The van der Waals surface area contributed by atoms with Gasteiger partial charge in [0.2, 0.25) is 0 Å². The van der Waals surface area contributed by atoms with Gasteiger partial charge in [-0.25, -0.2) is 0 Å². The molecular weight excluding hydrogens is 160 g/mol. The highest BCUT2D eigenvalue weighted by Crippen LogP contribution is 2.37. The van der Waals surface area contributed by atoms with Gasteiger partial charge < -0.3 is 0 Å². The third-order valence-electron chi connectivity index (χ3n) is 2.89. The van der Waals surface area contributed by atoms with Gasteiger partial charge in [0.05, 0.1) is 0 Å². The first-order chi connectivity index (χ1) is 6.29. The topological polar surface area (TPSA) is 17.1 Å². The van der Waals surface area contributed by atoms with Gasteiger partial charge in [-0.3, -0.25) is 4.79 Å². The van der Waals surface area contributed by atoms with Gasteiger partial charge in [0.15, 0.2) is 5.78 Å². The average Bonchev–Trinajstić information content (AvgIpc) is 2.02. The lowest BCUT2D eigenvalue weighted by molar-refractivity contribution is 0.101. The summed E-state index contributed by atoms with van der Waals surface area (Å²) in [7, 11) is 0. The van der Waals surface area contributed by atoms with E-state index in [2.05, 4.69) is 6.07 Å². The van der Waals surface area contributed by atoms with Crippen molar-refractivity contribution in [2.45, 2.75) is 32.1 Å².